The summed E-state index contributed by atoms with van der Waals surface area (Å²) in [6, 6.07) is 15.7. The third kappa shape index (κ3) is 2.83. The van der Waals surface area contributed by atoms with Gasteiger partial charge in [-0.15, -0.1) is 11.3 Å². The van der Waals surface area contributed by atoms with E-state index in [4.69, 9.17) is 9.47 Å². The fourth-order valence-corrected chi connectivity index (χ4v) is 3.36. The summed E-state index contributed by atoms with van der Waals surface area (Å²) in [5.74, 6) is 0.577. The van der Waals surface area contributed by atoms with Gasteiger partial charge in [0.05, 0.1) is 19.3 Å². The van der Waals surface area contributed by atoms with E-state index in [2.05, 4.69) is 12.1 Å². The van der Waals surface area contributed by atoms with Crippen molar-refractivity contribution in [1.82, 2.24) is 0 Å². The fourth-order valence-electron chi connectivity index (χ4n) is 2.27. The molecule has 0 aliphatic heterocycles. The number of thiophene rings is 1. The van der Waals surface area contributed by atoms with Crippen LogP contribution in [0.2, 0.25) is 0 Å². The molecule has 0 fully saturated rings. The average molecular weight is 312 g/mol. The van der Waals surface area contributed by atoms with Gasteiger partial charge in [0, 0.05) is 9.58 Å². The van der Waals surface area contributed by atoms with Gasteiger partial charge in [0.15, 0.2) is 0 Å². The minimum Gasteiger partial charge on any atom is -0.497 e. The lowest BCUT2D eigenvalue weighted by atomic mass is 10.1. The van der Waals surface area contributed by atoms with Crippen LogP contribution in [0.5, 0.6) is 5.75 Å². The van der Waals surface area contributed by atoms with Gasteiger partial charge in [-0.2, -0.15) is 0 Å². The molecule has 4 heteroatoms. The maximum absolute atomic E-state index is 11.7. The molecule has 112 valence electrons. The maximum Gasteiger partial charge on any atom is 0.338 e. The Morgan fingerprint density at radius 2 is 1.86 bits per heavy atom. The molecule has 0 amide bonds. The van der Waals surface area contributed by atoms with Crippen molar-refractivity contribution in [2.24, 2.45) is 0 Å². The third-order valence-electron chi connectivity index (χ3n) is 3.41. The molecule has 1 aromatic heterocycles. The molecule has 0 saturated heterocycles. The zero-order valence-electron chi connectivity index (χ0n) is 12.5. The lowest BCUT2D eigenvalue weighted by molar-refractivity contribution is 0.0526. The number of fused-ring (bicyclic) bond motifs is 1. The van der Waals surface area contributed by atoms with Crippen molar-refractivity contribution in [2.45, 2.75) is 6.92 Å². The second-order valence-corrected chi connectivity index (χ2v) is 5.90. The van der Waals surface area contributed by atoms with Crippen LogP contribution in [0.4, 0.5) is 0 Å². The van der Waals surface area contributed by atoms with Crippen LogP contribution in [-0.4, -0.2) is 19.7 Å². The van der Waals surface area contributed by atoms with Gasteiger partial charge in [0.2, 0.25) is 0 Å². The Hall–Kier alpha value is -2.33. The number of hydrogen-bond acceptors (Lipinski definition) is 4. The van der Waals surface area contributed by atoms with E-state index in [-0.39, 0.29) is 5.97 Å². The van der Waals surface area contributed by atoms with Crippen LogP contribution in [-0.2, 0) is 4.74 Å². The van der Waals surface area contributed by atoms with Gasteiger partial charge in [-0.3, -0.25) is 0 Å². The number of carbonyl (C=O) groups excluding carboxylic acids is 1. The van der Waals surface area contributed by atoms with Gasteiger partial charge in [-0.25, -0.2) is 4.79 Å². The molecule has 0 bridgehead atoms. The van der Waals surface area contributed by atoms with Gasteiger partial charge >= 0.3 is 5.97 Å². The summed E-state index contributed by atoms with van der Waals surface area (Å²) in [7, 11) is 1.67. The van der Waals surface area contributed by atoms with Crippen LogP contribution in [0.1, 0.15) is 17.3 Å². The summed E-state index contributed by atoms with van der Waals surface area (Å²) in [6.45, 7) is 2.19. The molecule has 3 nitrogen and oxygen atoms in total. The van der Waals surface area contributed by atoms with Gasteiger partial charge in [0.25, 0.3) is 0 Å². The third-order valence-corrected chi connectivity index (χ3v) is 4.55. The monoisotopic (exact) mass is 312 g/mol. The molecule has 0 radical (unpaired) electrons. The summed E-state index contributed by atoms with van der Waals surface area (Å²) in [4.78, 5) is 12.8. The van der Waals surface area contributed by atoms with Crippen LogP contribution in [0.15, 0.2) is 48.5 Å². The Morgan fingerprint density at radius 3 is 2.55 bits per heavy atom. The van der Waals surface area contributed by atoms with Gasteiger partial charge in [-0.05, 0) is 54.3 Å². The molecule has 0 aliphatic rings. The Morgan fingerprint density at radius 1 is 1.09 bits per heavy atom. The summed E-state index contributed by atoms with van der Waals surface area (Å²) in [5.41, 5.74) is 1.67. The number of carbonyl (C=O) groups is 1. The first-order valence-corrected chi connectivity index (χ1v) is 7.88. The van der Waals surface area contributed by atoms with E-state index >= 15 is 0 Å². The quantitative estimate of drug-likeness (QED) is 0.652. The number of esters is 1. The van der Waals surface area contributed by atoms with E-state index in [1.165, 1.54) is 15.0 Å². The minimum atomic E-state index is -0.282. The van der Waals surface area contributed by atoms with Gasteiger partial charge in [-0.1, -0.05) is 12.1 Å². The highest BCUT2D eigenvalue weighted by Gasteiger charge is 2.08. The average Bonchev–Trinajstić information content (AvgIpc) is 2.98. The Balaban J connectivity index is 1.92. The van der Waals surface area contributed by atoms with Crippen LogP contribution >= 0.6 is 11.3 Å². The highest BCUT2D eigenvalue weighted by Crippen LogP contribution is 2.35. The van der Waals surface area contributed by atoms with Crippen molar-refractivity contribution in [3.63, 3.8) is 0 Å². The number of hydrogen-bond donors (Lipinski definition) is 0. The van der Waals surface area contributed by atoms with Crippen LogP contribution in [0, 0.1) is 0 Å². The first kappa shape index (κ1) is 14.6. The first-order valence-electron chi connectivity index (χ1n) is 7.06. The normalized spacial score (nSPS) is 10.6. The largest absolute Gasteiger partial charge is 0.497 e. The SMILES string of the molecule is CCOC(=O)c1ccc(-c2cc3ccc(OC)cc3s2)cc1. The van der Waals surface area contributed by atoms with Crippen molar-refractivity contribution in [2.75, 3.05) is 13.7 Å². The van der Waals surface area contributed by atoms with Crippen molar-refractivity contribution in [1.29, 1.82) is 0 Å². The van der Waals surface area contributed by atoms with Crippen molar-refractivity contribution >= 4 is 27.4 Å². The number of benzene rings is 2. The smallest absolute Gasteiger partial charge is 0.338 e. The molecular weight excluding hydrogens is 296 g/mol. The van der Waals surface area contributed by atoms with Crippen LogP contribution < -0.4 is 4.74 Å². The topological polar surface area (TPSA) is 35.5 Å². The van der Waals surface area contributed by atoms with E-state index in [1.807, 2.05) is 24.3 Å². The standard InChI is InChI=1S/C18H16O3S/c1-3-21-18(19)13-6-4-12(5-7-13)16-10-14-8-9-15(20-2)11-17(14)22-16/h4-11H,3H2,1-2H3. The van der Waals surface area contributed by atoms with Crippen LogP contribution in [0.25, 0.3) is 20.5 Å². The summed E-state index contributed by atoms with van der Waals surface area (Å²) < 4.78 is 11.4. The van der Waals surface area contributed by atoms with Crippen LogP contribution in [0.3, 0.4) is 0 Å². The van der Waals surface area contributed by atoms with E-state index in [9.17, 15) is 4.79 Å². The first-order chi connectivity index (χ1) is 10.7. The molecule has 0 unspecified atom stereocenters. The second-order valence-electron chi connectivity index (χ2n) is 4.81. The second kappa shape index (κ2) is 6.20. The minimum absolute atomic E-state index is 0.282. The van der Waals surface area contributed by atoms with Crippen molar-refractivity contribution in [3.8, 4) is 16.2 Å². The maximum atomic E-state index is 11.7. The number of ether oxygens (including phenoxy) is 2. The van der Waals surface area contributed by atoms with E-state index in [1.54, 1.807) is 37.5 Å². The predicted octanol–water partition coefficient (Wildman–Crippen LogP) is 4.75. The zero-order chi connectivity index (χ0) is 15.5. The van der Waals surface area contributed by atoms with Crippen molar-refractivity contribution in [3.05, 3.63) is 54.1 Å². The lowest BCUT2D eigenvalue weighted by Crippen LogP contribution is -2.03. The molecule has 1 heterocycles. The predicted molar refractivity (Wildman–Crippen MR) is 89.8 cm³/mol. The highest BCUT2D eigenvalue weighted by atomic mass is 32.1. The van der Waals surface area contributed by atoms with Crippen molar-refractivity contribution < 1.29 is 14.3 Å². The summed E-state index contributed by atoms with van der Waals surface area (Å²) >= 11 is 1.71. The van der Waals surface area contributed by atoms with E-state index in [0.717, 1.165) is 11.3 Å². The molecule has 0 atom stereocenters. The zero-order valence-corrected chi connectivity index (χ0v) is 13.3. The van der Waals surface area contributed by atoms with E-state index < -0.39 is 0 Å². The molecule has 2 aromatic carbocycles. The molecule has 0 spiro atoms. The molecule has 3 rings (SSSR count). The summed E-state index contributed by atoms with van der Waals surface area (Å²) in [6.07, 6.45) is 0. The van der Waals surface area contributed by atoms with Gasteiger partial charge < -0.3 is 9.47 Å². The molecule has 3 aromatic rings. The van der Waals surface area contributed by atoms with Gasteiger partial charge in [0.1, 0.15) is 5.75 Å². The Labute approximate surface area is 133 Å². The number of rotatable bonds is 4. The highest BCUT2D eigenvalue weighted by molar-refractivity contribution is 7.22. The molecular formula is C18H16O3S. The van der Waals surface area contributed by atoms with E-state index in [0.29, 0.717) is 12.2 Å². The molecule has 22 heavy (non-hydrogen) atoms. The molecule has 0 aliphatic carbocycles. The molecule has 0 N–H and O–H groups in total. The number of methoxy groups -OCH3 is 1. The Kier molecular flexibility index (Phi) is 4.11. The Bertz CT molecular complexity index is 803. The summed E-state index contributed by atoms with van der Waals surface area (Å²) in [5, 5.41) is 1.19. The fraction of sp³-hybridized carbons (Fsp3) is 0.167. The lowest BCUT2D eigenvalue weighted by Gasteiger charge is -2.02. The molecule has 0 saturated carbocycles.